The maximum absolute atomic E-state index is 10.3. The molecule has 0 radical (unpaired) electrons. The molecule has 21 heavy (non-hydrogen) atoms. The van der Waals surface area contributed by atoms with Gasteiger partial charge in [-0.2, -0.15) is 15.0 Å². The first kappa shape index (κ1) is 15.8. The monoisotopic (exact) mass is 294 g/mol. The second-order valence-corrected chi connectivity index (χ2v) is 5.65. The molecule has 118 valence electrons. The van der Waals surface area contributed by atoms with Gasteiger partial charge < -0.3 is 21.1 Å². The van der Waals surface area contributed by atoms with E-state index in [9.17, 15) is 5.11 Å². The summed E-state index contributed by atoms with van der Waals surface area (Å²) in [6.07, 6.45) is 4.91. The van der Waals surface area contributed by atoms with Crippen LogP contribution < -0.4 is 16.0 Å². The third-order valence-corrected chi connectivity index (χ3v) is 4.17. The molecule has 1 aromatic heterocycles. The number of hydrogen-bond donors (Lipinski definition) is 3. The molecule has 1 aliphatic rings. The smallest absolute Gasteiger partial charge is 0.231 e. The van der Waals surface area contributed by atoms with Gasteiger partial charge in [0, 0.05) is 19.6 Å². The Morgan fingerprint density at radius 1 is 1.14 bits per heavy atom. The zero-order chi connectivity index (χ0) is 15.3. The molecule has 0 spiro atoms. The van der Waals surface area contributed by atoms with E-state index in [1.165, 1.54) is 6.42 Å². The molecule has 4 N–H and O–H groups in total. The molecule has 0 saturated carbocycles. The first-order chi connectivity index (χ1) is 10.1. The molecule has 0 aliphatic carbocycles. The van der Waals surface area contributed by atoms with Gasteiger partial charge in [0.2, 0.25) is 17.8 Å². The van der Waals surface area contributed by atoms with E-state index in [0.717, 1.165) is 25.9 Å². The number of aliphatic hydroxyl groups is 1. The van der Waals surface area contributed by atoms with Crippen LogP contribution in [0.5, 0.6) is 0 Å². The van der Waals surface area contributed by atoms with E-state index in [0.29, 0.717) is 31.3 Å². The first-order valence-corrected chi connectivity index (χ1v) is 7.79. The van der Waals surface area contributed by atoms with Crippen molar-refractivity contribution in [3.8, 4) is 0 Å². The van der Waals surface area contributed by atoms with Gasteiger partial charge in [0.1, 0.15) is 0 Å². The highest BCUT2D eigenvalue weighted by atomic mass is 16.3. The van der Waals surface area contributed by atoms with Crippen LogP contribution in [0.1, 0.15) is 46.0 Å². The van der Waals surface area contributed by atoms with Gasteiger partial charge in [-0.15, -0.1) is 0 Å². The summed E-state index contributed by atoms with van der Waals surface area (Å²) in [5.41, 5.74) is 5.04. The predicted octanol–water partition coefficient (Wildman–Crippen LogP) is 1.41. The van der Waals surface area contributed by atoms with Crippen LogP contribution in [0.25, 0.3) is 0 Å². The molecule has 7 nitrogen and oxygen atoms in total. The van der Waals surface area contributed by atoms with Crippen molar-refractivity contribution in [3.63, 3.8) is 0 Å². The van der Waals surface area contributed by atoms with Gasteiger partial charge in [-0.25, -0.2) is 0 Å². The number of hydrogen-bond acceptors (Lipinski definition) is 7. The molecule has 0 atom stereocenters. The highest BCUT2D eigenvalue weighted by Crippen LogP contribution is 2.19. The summed E-state index contributed by atoms with van der Waals surface area (Å²) in [5.74, 6) is 1.27. The Kier molecular flexibility index (Phi) is 5.17. The molecule has 0 amide bonds. The van der Waals surface area contributed by atoms with Gasteiger partial charge >= 0.3 is 0 Å². The van der Waals surface area contributed by atoms with Crippen molar-refractivity contribution in [1.82, 2.24) is 15.0 Å². The van der Waals surface area contributed by atoms with Crippen molar-refractivity contribution in [3.05, 3.63) is 0 Å². The number of nitrogens with two attached hydrogens (primary N) is 1. The molecule has 2 heterocycles. The topological polar surface area (TPSA) is 100 Å². The third kappa shape index (κ3) is 4.17. The van der Waals surface area contributed by atoms with Crippen molar-refractivity contribution in [2.75, 3.05) is 35.6 Å². The number of nitrogen functional groups attached to an aromatic ring is 1. The van der Waals surface area contributed by atoms with Crippen LogP contribution >= 0.6 is 0 Å². The average molecular weight is 294 g/mol. The summed E-state index contributed by atoms with van der Waals surface area (Å²) in [6, 6.07) is 0. The third-order valence-electron chi connectivity index (χ3n) is 4.17. The minimum Gasteiger partial charge on any atom is -0.388 e. The van der Waals surface area contributed by atoms with Crippen LogP contribution in [-0.4, -0.2) is 45.3 Å². The SMILES string of the molecule is CCC(O)(CC)CNc1nc(N)nc(N2CCCCC2)n1. The lowest BCUT2D eigenvalue weighted by molar-refractivity contribution is 0.0455. The highest BCUT2D eigenvalue weighted by Gasteiger charge is 2.23. The van der Waals surface area contributed by atoms with Gasteiger partial charge in [0.15, 0.2) is 0 Å². The normalized spacial score (nSPS) is 16.0. The lowest BCUT2D eigenvalue weighted by atomic mass is 9.98. The zero-order valence-corrected chi connectivity index (χ0v) is 13.0. The molecular formula is C14H26N6O. The van der Waals surface area contributed by atoms with Gasteiger partial charge in [0.25, 0.3) is 0 Å². The van der Waals surface area contributed by atoms with Crippen molar-refractivity contribution < 1.29 is 5.11 Å². The molecule has 0 bridgehead atoms. The summed E-state index contributed by atoms with van der Waals surface area (Å²) >= 11 is 0. The Balaban J connectivity index is 2.07. The maximum atomic E-state index is 10.3. The average Bonchev–Trinajstić information content (AvgIpc) is 2.53. The van der Waals surface area contributed by atoms with Crippen molar-refractivity contribution in [2.45, 2.75) is 51.6 Å². The lowest BCUT2D eigenvalue weighted by Crippen LogP contribution is -2.36. The van der Waals surface area contributed by atoms with Gasteiger partial charge in [-0.3, -0.25) is 0 Å². The van der Waals surface area contributed by atoms with Crippen molar-refractivity contribution >= 4 is 17.8 Å². The molecule has 1 fully saturated rings. The minimum atomic E-state index is -0.743. The summed E-state index contributed by atoms with van der Waals surface area (Å²) < 4.78 is 0. The summed E-state index contributed by atoms with van der Waals surface area (Å²) in [5, 5.41) is 13.4. The van der Waals surface area contributed by atoms with Crippen LogP contribution in [0.15, 0.2) is 0 Å². The molecule has 1 aromatic rings. The van der Waals surface area contributed by atoms with Gasteiger partial charge in [-0.1, -0.05) is 13.8 Å². The van der Waals surface area contributed by atoms with Gasteiger partial charge in [-0.05, 0) is 32.1 Å². The van der Waals surface area contributed by atoms with Crippen LogP contribution in [0.2, 0.25) is 0 Å². The Hall–Kier alpha value is -1.63. The Bertz CT molecular complexity index is 457. The fraction of sp³-hybridized carbons (Fsp3) is 0.786. The number of rotatable bonds is 6. The maximum Gasteiger partial charge on any atom is 0.231 e. The van der Waals surface area contributed by atoms with E-state index in [4.69, 9.17) is 5.73 Å². The fourth-order valence-electron chi connectivity index (χ4n) is 2.44. The van der Waals surface area contributed by atoms with E-state index in [1.807, 2.05) is 13.8 Å². The number of nitrogens with one attached hydrogen (secondary N) is 1. The van der Waals surface area contributed by atoms with Crippen LogP contribution in [0.4, 0.5) is 17.8 Å². The van der Waals surface area contributed by atoms with E-state index in [-0.39, 0.29) is 5.95 Å². The molecule has 0 unspecified atom stereocenters. The molecule has 0 aromatic carbocycles. The van der Waals surface area contributed by atoms with Crippen LogP contribution in [0, 0.1) is 0 Å². The summed E-state index contributed by atoms with van der Waals surface area (Å²) in [4.78, 5) is 14.9. The second kappa shape index (κ2) is 6.89. The van der Waals surface area contributed by atoms with Gasteiger partial charge in [0.05, 0.1) is 5.60 Å². The summed E-state index contributed by atoms with van der Waals surface area (Å²) in [7, 11) is 0. The molecule has 1 saturated heterocycles. The zero-order valence-electron chi connectivity index (χ0n) is 13.0. The molecule has 7 heteroatoms. The van der Waals surface area contributed by atoms with E-state index >= 15 is 0 Å². The van der Waals surface area contributed by atoms with Crippen LogP contribution in [-0.2, 0) is 0 Å². The Morgan fingerprint density at radius 3 is 2.43 bits per heavy atom. The highest BCUT2D eigenvalue weighted by molar-refractivity contribution is 5.42. The van der Waals surface area contributed by atoms with E-state index in [2.05, 4.69) is 25.2 Å². The molecule has 1 aliphatic heterocycles. The summed E-state index contributed by atoms with van der Waals surface area (Å²) in [6.45, 7) is 6.24. The molecular weight excluding hydrogens is 268 g/mol. The lowest BCUT2D eigenvalue weighted by Gasteiger charge is -2.27. The van der Waals surface area contributed by atoms with Crippen molar-refractivity contribution in [1.29, 1.82) is 0 Å². The quantitative estimate of drug-likeness (QED) is 0.729. The second-order valence-electron chi connectivity index (χ2n) is 5.65. The number of nitrogens with zero attached hydrogens (tertiary/aromatic N) is 4. The Labute approximate surface area is 126 Å². The number of aromatic nitrogens is 3. The largest absolute Gasteiger partial charge is 0.388 e. The standard InChI is InChI=1S/C14H26N6O/c1-3-14(21,4-2)10-16-12-17-11(15)18-13(19-12)20-8-6-5-7-9-20/h21H,3-10H2,1-2H3,(H3,15,16,17,18,19). The fourth-order valence-corrected chi connectivity index (χ4v) is 2.44. The first-order valence-electron chi connectivity index (χ1n) is 7.79. The number of piperidine rings is 1. The van der Waals surface area contributed by atoms with Crippen molar-refractivity contribution in [2.24, 2.45) is 0 Å². The van der Waals surface area contributed by atoms with E-state index < -0.39 is 5.60 Å². The molecule has 2 rings (SSSR count). The van der Waals surface area contributed by atoms with Crippen LogP contribution in [0.3, 0.4) is 0 Å². The Morgan fingerprint density at radius 2 is 1.81 bits per heavy atom. The van der Waals surface area contributed by atoms with E-state index in [1.54, 1.807) is 0 Å². The minimum absolute atomic E-state index is 0.213. The predicted molar refractivity (Wildman–Crippen MR) is 84.3 cm³/mol. The number of anilines is 3.